The van der Waals surface area contributed by atoms with Crippen molar-refractivity contribution in [3.63, 3.8) is 0 Å². The van der Waals surface area contributed by atoms with Gasteiger partial charge in [-0.1, -0.05) is 32.0 Å². The summed E-state index contributed by atoms with van der Waals surface area (Å²) in [4.78, 5) is 26.1. The number of aryl methyl sites for hydroxylation is 1. The van der Waals surface area contributed by atoms with E-state index in [-0.39, 0.29) is 41.8 Å². The van der Waals surface area contributed by atoms with Crippen LogP contribution in [0.3, 0.4) is 0 Å². The second kappa shape index (κ2) is 11.3. The fraction of sp³-hybridized carbons (Fsp3) is 0.520. The highest BCUT2D eigenvalue weighted by Gasteiger charge is 2.41. The Morgan fingerprint density at radius 2 is 2.06 bits per heavy atom. The van der Waals surface area contributed by atoms with E-state index in [0.717, 1.165) is 10.4 Å². The van der Waals surface area contributed by atoms with E-state index in [1.165, 1.54) is 23.5 Å². The number of aromatic carboxylic acids is 1. The number of amides is 1. The van der Waals surface area contributed by atoms with Gasteiger partial charge < -0.3 is 19.8 Å². The van der Waals surface area contributed by atoms with Crippen molar-refractivity contribution < 1.29 is 33.3 Å². The van der Waals surface area contributed by atoms with Crippen LogP contribution in [0, 0.1) is 0 Å². The van der Waals surface area contributed by atoms with Crippen molar-refractivity contribution in [1.29, 1.82) is 0 Å². The first-order valence-corrected chi connectivity index (χ1v) is 12.3. The summed E-state index contributed by atoms with van der Waals surface area (Å²) in [6, 6.07) is 9.16. The molecule has 34 heavy (non-hydrogen) atoms. The lowest BCUT2D eigenvalue weighted by Gasteiger charge is -2.36. The summed E-state index contributed by atoms with van der Waals surface area (Å²) in [5.74, 6) is -4.27. The van der Waals surface area contributed by atoms with Crippen molar-refractivity contribution >= 4 is 23.4 Å². The van der Waals surface area contributed by atoms with Crippen LogP contribution < -0.4 is 0 Å². The Bertz CT molecular complexity index is 993. The van der Waals surface area contributed by atoms with Gasteiger partial charge in [0.05, 0.1) is 6.61 Å². The predicted octanol–water partition coefficient (Wildman–Crippen LogP) is 5.65. The van der Waals surface area contributed by atoms with Crippen molar-refractivity contribution in [2.45, 2.75) is 69.9 Å². The molecule has 0 spiro atoms. The van der Waals surface area contributed by atoms with Crippen LogP contribution >= 0.6 is 11.3 Å². The Morgan fingerprint density at radius 3 is 2.74 bits per heavy atom. The quantitative estimate of drug-likeness (QED) is 0.421. The molecular weight excluding hydrogens is 464 g/mol. The lowest BCUT2D eigenvalue weighted by molar-refractivity contribution is -0.120. The number of halogens is 2. The van der Waals surface area contributed by atoms with Gasteiger partial charge in [-0.2, -0.15) is 8.78 Å². The molecule has 186 valence electrons. The number of nitrogens with zero attached hydrogens (tertiary/aromatic N) is 1. The van der Waals surface area contributed by atoms with Gasteiger partial charge in [-0.3, -0.25) is 0 Å². The number of benzene rings is 1. The number of cyclic esters (lactones) is 1. The number of carbonyl (C=O) groups excluding carboxylic acids is 1. The maximum atomic E-state index is 15.0. The fourth-order valence-electron chi connectivity index (χ4n) is 4.12. The monoisotopic (exact) mass is 495 g/mol. The van der Waals surface area contributed by atoms with Crippen LogP contribution in [0.15, 0.2) is 36.4 Å². The van der Waals surface area contributed by atoms with E-state index in [1.54, 1.807) is 29.2 Å². The second-order valence-corrected chi connectivity index (χ2v) is 10.1. The van der Waals surface area contributed by atoms with Gasteiger partial charge in [0.2, 0.25) is 0 Å². The van der Waals surface area contributed by atoms with E-state index < -0.39 is 24.1 Å². The zero-order chi connectivity index (χ0) is 24.9. The Kier molecular flexibility index (Phi) is 8.65. The highest BCUT2D eigenvalue weighted by atomic mass is 32.1. The molecule has 2 atom stereocenters. The summed E-state index contributed by atoms with van der Waals surface area (Å²) in [7, 11) is 0. The summed E-state index contributed by atoms with van der Waals surface area (Å²) in [6.07, 6.45) is -0.574. The van der Waals surface area contributed by atoms with E-state index in [1.807, 2.05) is 13.8 Å². The minimum absolute atomic E-state index is 0.0968. The molecule has 0 aliphatic carbocycles. The minimum atomic E-state index is -3.40. The molecule has 1 aromatic heterocycles. The van der Waals surface area contributed by atoms with Crippen molar-refractivity contribution in [2.75, 3.05) is 13.2 Å². The smallest absolute Gasteiger partial charge is 0.410 e. The molecule has 3 rings (SSSR count). The van der Waals surface area contributed by atoms with E-state index >= 15 is 0 Å². The molecular formula is C25H31F2NO5S. The molecule has 2 heterocycles. The van der Waals surface area contributed by atoms with Crippen molar-refractivity contribution in [3.05, 3.63) is 57.3 Å². The zero-order valence-electron chi connectivity index (χ0n) is 19.4. The van der Waals surface area contributed by atoms with Crippen LogP contribution in [0.1, 0.15) is 71.1 Å². The standard InChI is InChI=1S/C25H31F2NO5S/c1-16(2)17-5-3-6-18(15-17)25(26,27)22(29)11-8-19-12-14-33-24(32)28(19)13-4-7-20-9-10-21(34-20)23(30)31/h3,5-6,9-10,15-16,19,22,29H,4,7-8,11-14H2,1-2H3,(H,30,31). The molecule has 1 aliphatic heterocycles. The third-order valence-electron chi connectivity index (χ3n) is 6.18. The maximum Gasteiger partial charge on any atom is 0.410 e. The summed E-state index contributed by atoms with van der Waals surface area (Å²) in [6.45, 7) is 4.43. The lowest BCUT2D eigenvalue weighted by atomic mass is 9.93. The zero-order valence-corrected chi connectivity index (χ0v) is 20.2. The molecule has 0 bridgehead atoms. The molecule has 1 aliphatic rings. The Morgan fingerprint density at radius 1 is 1.29 bits per heavy atom. The number of hydrogen-bond acceptors (Lipinski definition) is 5. The first kappa shape index (κ1) is 26.1. The van der Waals surface area contributed by atoms with Gasteiger partial charge >= 0.3 is 12.1 Å². The number of aliphatic hydroxyl groups excluding tert-OH is 1. The Balaban J connectivity index is 1.58. The molecule has 9 heteroatoms. The fourth-order valence-corrected chi connectivity index (χ4v) is 5.01. The molecule has 1 saturated heterocycles. The highest BCUT2D eigenvalue weighted by Crippen LogP contribution is 2.36. The van der Waals surface area contributed by atoms with Crippen molar-refractivity contribution in [2.24, 2.45) is 0 Å². The molecule has 2 N–H and O–H groups in total. The van der Waals surface area contributed by atoms with E-state index in [4.69, 9.17) is 9.84 Å². The van der Waals surface area contributed by atoms with Gasteiger partial charge in [-0.25, -0.2) is 9.59 Å². The molecule has 6 nitrogen and oxygen atoms in total. The SMILES string of the molecule is CC(C)c1cccc(C(F)(F)C(O)CCC2CCOC(=O)N2CCCc2ccc(C(=O)O)s2)c1. The van der Waals surface area contributed by atoms with E-state index in [9.17, 15) is 23.5 Å². The number of aliphatic hydroxyl groups is 1. The summed E-state index contributed by atoms with van der Waals surface area (Å²) < 4.78 is 35.1. The van der Waals surface area contributed by atoms with Crippen LogP contribution in [0.2, 0.25) is 0 Å². The number of rotatable bonds is 11. The van der Waals surface area contributed by atoms with E-state index in [2.05, 4.69) is 0 Å². The van der Waals surface area contributed by atoms with Gasteiger partial charge in [0.25, 0.3) is 5.92 Å². The molecule has 1 fully saturated rings. The first-order chi connectivity index (χ1) is 16.1. The average Bonchev–Trinajstić information content (AvgIpc) is 3.28. The number of carboxylic acids is 1. The largest absolute Gasteiger partial charge is 0.477 e. The van der Waals surface area contributed by atoms with Crippen LogP contribution in [-0.4, -0.2) is 52.5 Å². The number of carbonyl (C=O) groups is 2. The summed E-state index contributed by atoms with van der Waals surface area (Å²) in [5.41, 5.74) is 0.578. The lowest BCUT2D eigenvalue weighted by Crippen LogP contribution is -2.47. The first-order valence-electron chi connectivity index (χ1n) is 11.5. The average molecular weight is 496 g/mol. The van der Waals surface area contributed by atoms with Gasteiger partial charge in [0.1, 0.15) is 11.0 Å². The Labute approximate surface area is 202 Å². The molecule has 1 amide bonds. The third-order valence-corrected chi connectivity index (χ3v) is 7.31. The van der Waals surface area contributed by atoms with Crippen LogP contribution in [0.5, 0.6) is 0 Å². The number of thiophene rings is 1. The number of hydrogen-bond donors (Lipinski definition) is 2. The van der Waals surface area contributed by atoms with Crippen LogP contribution in [0.25, 0.3) is 0 Å². The minimum Gasteiger partial charge on any atom is -0.477 e. The topological polar surface area (TPSA) is 87.1 Å². The molecule has 2 aromatic rings. The van der Waals surface area contributed by atoms with Crippen LogP contribution in [-0.2, 0) is 17.1 Å². The van der Waals surface area contributed by atoms with E-state index in [0.29, 0.717) is 25.8 Å². The molecule has 0 radical (unpaired) electrons. The molecule has 1 aromatic carbocycles. The number of alkyl halides is 2. The van der Waals surface area contributed by atoms with Gasteiger partial charge in [0.15, 0.2) is 0 Å². The van der Waals surface area contributed by atoms with Gasteiger partial charge in [0, 0.05) is 29.4 Å². The number of carboxylic acid groups (broad SMARTS) is 1. The second-order valence-electron chi connectivity index (χ2n) is 8.92. The predicted molar refractivity (Wildman–Crippen MR) is 126 cm³/mol. The van der Waals surface area contributed by atoms with Crippen molar-refractivity contribution in [3.8, 4) is 0 Å². The van der Waals surface area contributed by atoms with Gasteiger partial charge in [-0.05, 0) is 55.4 Å². The number of ether oxygens (including phenoxy) is 1. The van der Waals surface area contributed by atoms with Crippen LogP contribution in [0.4, 0.5) is 13.6 Å². The van der Waals surface area contributed by atoms with Crippen molar-refractivity contribution in [1.82, 2.24) is 4.90 Å². The normalized spacial score (nSPS) is 17.6. The molecule has 0 saturated carbocycles. The maximum absolute atomic E-state index is 15.0. The summed E-state index contributed by atoms with van der Waals surface area (Å²) >= 11 is 1.20. The van der Waals surface area contributed by atoms with Gasteiger partial charge in [-0.15, -0.1) is 11.3 Å². The third kappa shape index (κ3) is 6.33. The highest BCUT2D eigenvalue weighted by molar-refractivity contribution is 7.13. The summed E-state index contributed by atoms with van der Waals surface area (Å²) in [5, 5.41) is 19.4. The Hall–Kier alpha value is -2.52. The molecule has 2 unspecified atom stereocenters.